The molecule has 1 atom stereocenters. The zero-order chi connectivity index (χ0) is 18.1. The average Bonchev–Trinajstić information content (AvgIpc) is 3.26. The molecule has 1 aromatic heterocycles. The summed E-state index contributed by atoms with van der Waals surface area (Å²) in [4.78, 5) is 12.2. The first-order chi connectivity index (χ1) is 12.6. The molecule has 1 aliphatic rings. The summed E-state index contributed by atoms with van der Waals surface area (Å²) in [6.07, 6.45) is 3.13. The Morgan fingerprint density at radius 2 is 2.08 bits per heavy atom. The fraction of sp³-hybridized carbons (Fsp3) is 0.150. The van der Waals surface area contributed by atoms with E-state index in [1.807, 2.05) is 37.3 Å². The highest BCUT2D eigenvalue weighted by molar-refractivity contribution is 6.32. The van der Waals surface area contributed by atoms with Gasteiger partial charge in [-0.3, -0.25) is 4.79 Å². The van der Waals surface area contributed by atoms with E-state index in [-0.39, 0.29) is 18.7 Å². The van der Waals surface area contributed by atoms with Crippen LogP contribution in [0, 0.1) is 0 Å². The van der Waals surface area contributed by atoms with Crippen molar-refractivity contribution in [2.45, 2.75) is 13.0 Å². The first-order valence-corrected chi connectivity index (χ1v) is 8.54. The second-order valence-corrected chi connectivity index (χ2v) is 6.39. The normalized spacial score (nSPS) is 14.1. The Morgan fingerprint density at radius 1 is 1.23 bits per heavy atom. The van der Waals surface area contributed by atoms with Crippen LogP contribution in [0.2, 0.25) is 5.02 Å². The highest BCUT2D eigenvalue weighted by Crippen LogP contribution is 2.40. The molecule has 5 nitrogen and oxygen atoms in total. The van der Waals surface area contributed by atoms with Crippen LogP contribution in [0.4, 0.5) is 0 Å². The summed E-state index contributed by atoms with van der Waals surface area (Å²) in [6, 6.07) is 12.9. The lowest BCUT2D eigenvalue weighted by Crippen LogP contribution is -2.24. The molecule has 0 saturated carbocycles. The molecule has 0 aliphatic carbocycles. The number of nitrogens with one attached hydrogen (secondary N) is 1. The monoisotopic (exact) mass is 369 g/mol. The van der Waals surface area contributed by atoms with Crippen LogP contribution in [0.1, 0.15) is 24.3 Å². The maximum absolute atomic E-state index is 12.2. The van der Waals surface area contributed by atoms with Gasteiger partial charge in [0.1, 0.15) is 11.3 Å². The lowest BCUT2D eigenvalue weighted by Gasteiger charge is -2.09. The predicted octanol–water partition coefficient (Wildman–Crippen LogP) is 4.71. The molecular weight excluding hydrogens is 354 g/mol. The first-order valence-electron chi connectivity index (χ1n) is 8.16. The second kappa shape index (κ2) is 6.77. The second-order valence-electron chi connectivity index (χ2n) is 5.99. The van der Waals surface area contributed by atoms with Gasteiger partial charge in [0.25, 0.3) is 0 Å². The number of amides is 1. The van der Waals surface area contributed by atoms with E-state index >= 15 is 0 Å². The number of hydrogen-bond donors (Lipinski definition) is 1. The van der Waals surface area contributed by atoms with Gasteiger partial charge in [-0.2, -0.15) is 0 Å². The number of furan rings is 1. The fourth-order valence-electron chi connectivity index (χ4n) is 2.80. The largest absolute Gasteiger partial charge is 0.459 e. The molecule has 0 bridgehead atoms. The van der Waals surface area contributed by atoms with Crippen LogP contribution < -0.4 is 14.8 Å². The van der Waals surface area contributed by atoms with Crippen LogP contribution in [0.5, 0.6) is 11.5 Å². The molecule has 1 N–H and O–H groups in total. The number of halogens is 1. The smallest absolute Gasteiger partial charge is 0.244 e. The van der Waals surface area contributed by atoms with Gasteiger partial charge in [0.05, 0.1) is 11.1 Å². The molecule has 26 heavy (non-hydrogen) atoms. The topological polar surface area (TPSA) is 60.7 Å². The van der Waals surface area contributed by atoms with Gasteiger partial charge < -0.3 is 19.2 Å². The molecule has 0 radical (unpaired) electrons. The summed E-state index contributed by atoms with van der Waals surface area (Å²) in [6.45, 7) is 2.03. The van der Waals surface area contributed by atoms with E-state index in [0.717, 1.165) is 16.5 Å². The van der Waals surface area contributed by atoms with Crippen LogP contribution in [0.25, 0.3) is 17.0 Å². The Bertz CT molecular complexity index is 975. The summed E-state index contributed by atoms with van der Waals surface area (Å²) in [5, 5.41) is 4.35. The third-order valence-electron chi connectivity index (χ3n) is 4.11. The van der Waals surface area contributed by atoms with Crippen LogP contribution in [-0.2, 0) is 4.79 Å². The van der Waals surface area contributed by atoms with Crippen molar-refractivity contribution < 1.29 is 18.7 Å². The zero-order valence-electron chi connectivity index (χ0n) is 14.0. The van der Waals surface area contributed by atoms with E-state index in [1.54, 1.807) is 18.2 Å². The predicted molar refractivity (Wildman–Crippen MR) is 99.4 cm³/mol. The molecule has 0 spiro atoms. The Balaban J connectivity index is 1.45. The van der Waals surface area contributed by atoms with Crippen molar-refractivity contribution in [1.82, 2.24) is 5.32 Å². The third-order valence-corrected chi connectivity index (χ3v) is 4.39. The van der Waals surface area contributed by atoms with Gasteiger partial charge in [-0.25, -0.2) is 0 Å². The third kappa shape index (κ3) is 3.26. The molecule has 0 unspecified atom stereocenters. The van der Waals surface area contributed by atoms with Crippen LogP contribution in [0.15, 0.2) is 53.0 Å². The van der Waals surface area contributed by atoms with E-state index in [2.05, 4.69) is 5.32 Å². The van der Waals surface area contributed by atoms with Crippen molar-refractivity contribution in [2.75, 3.05) is 6.79 Å². The Labute approximate surface area is 155 Å². The highest BCUT2D eigenvalue weighted by Gasteiger charge is 2.18. The zero-order valence-corrected chi connectivity index (χ0v) is 14.7. The van der Waals surface area contributed by atoms with E-state index in [0.29, 0.717) is 22.3 Å². The number of carbonyl (C=O) groups is 1. The molecule has 0 fully saturated rings. The van der Waals surface area contributed by atoms with Crippen molar-refractivity contribution >= 4 is 34.6 Å². The SMILES string of the molecule is C[C@H](NC(=O)/C=C/c1cc(Cl)c2c(c1)OCO2)c1cc2ccccc2o1. The Morgan fingerprint density at radius 3 is 2.92 bits per heavy atom. The van der Waals surface area contributed by atoms with Gasteiger partial charge in [-0.05, 0) is 42.8 Å². The summed E-state index contributed by atoms with van der Waals surface area (Å²) >= 11 is 6.14. The number of hydrogen-bond acceptors (Lipinski definition) is 4. The minimum atomic E-state index is -0.250. The summed E-state index contributed by atoms with van der Waals surface area (Å²) in [7, 11) is 0. The van der Waals surface area contributed by atoms with Gasteiger partial charge in [0, 0.05) is 11.5 Å². The van der Waals surface area contributed by atoms with Crippen molar-refractivity contribution in [2.24, 2.45) is 0 Å². The standard InChI is InChI=1S/C20H16ClNO4/c1-12(17-10-14-4-2-3-5-16(14)26-17)22-19(23)7-6-13-8-15(21)20-18(9-13)24-11-25-20/h2-10,12H,11H2,1H3,(H,22,23)/b7-6+/t12-/m0/s1. The van der Waals surface area contributed by atoms with Crippen molar-refractivity contribution in [3.63, 3.8) is 0 Å². The number of fused-ring (bicyclic) bond motifs is 2. The van der Waals surface area contributed by atoms with E-state index in [9.17, 15) is 4.79 Å². The lowest BCUT2D eigenvalue weighted by atomic mass is 10.2. The van der Waals surface area contributed by atoms with Crippen molar-refractivity contribution in [1.29, 1.82) is 0 Å². The number of para-hydroxylation sites is 1. The van der Waals surface area contributed by atoms with Crippen LogP contribution >= 0.6 is 11.6 Å². The minimum absolute atomic E-state index is 0.151. The quantitative estimate of drug-likeness (QED) is 0.677. The lowest BCUT2D eigenvalue weighted by molar-refractivity contribution is -0.117. The molecule has 3 aromatic rings. The maximum Gasteiger partial charge on any atom is 0.244 e. The minimum Gasteiger partial charge on any atom is -0.459 e. The van der Waals surface area contributed by atoms with Crippen LogP contribution in [-0.4, -0.2) is 12.7 Å². The summed E-state index contributed by atoms with van der Waals surface area (Å²) in [5.74, 6) is 1.59. The van der Waals surface area contributed by atoms with Crippen LogP contribution in [0.3, 0.4) is 0 Å². The molecule has 1 aliphatic heterocycles. The molecule has 2 heterocycles. The van der Waals surface area contributed by atoms with Gasteiger partial charge in [0.2, 0.25) is 12.7 Å². The Hall–Kier alpha value is -2.92. The fourth-order valence-corrected chi connectivity index (χ4v) is 3.08. The van der Waals surface area contributed by atoms with E-state index in [1.165, 1.54) is 6.08 Å². The number of carbonyl (C=O) groups excluding carboxylic acids is 1. The van der Waals surface area contributed by atoms with Gasteiger partial charge in [-0.15, -0.1) is 0 Å². The summed E-state index contributed by atoms with van der Waals surface area (Å²) in [5.41, 5.74) is 1.56. The number of benzene rings is 2. The average molecular weight is 370 g/mol. The Kier molecular flexibility index (Phi) is 4.31. The first kappa shape index (κ1) is 16.5. The molecule has 0 saturated heterocycles. The number of rotatable bonds is 4. The maximum atomic E-state index is 12.2. The molecule has 1 amide bonds. The van der Waals surface area contributed by atoms with Crippen molar-refractivity contribution in [3.05, 3.63) is 64.9 Å². The van der Waals surface area contributed by atoms with E-state index in [4.69, 9.17) is 25.5 Å². The summed E-state index contributed by atoms with van der Waals surface area (Å²) < 4.78 is 16.4. The molecule has 132 valence electrons. The molecule has 2 aromatic carbocycles. The van der Waals surface area contributed by atoms with E-state index < -0.39 is 0 Å². The van der Waals surface area contributed by atoms with Crippen molar-refractivity contribution in [3.8, 4) is 11.5 Å². The number of ether oxygens (including phenoxy) is 2. The van der Waals surface area contributed by atoms with Gasteiger partial charge in [0.15, 0.2) is 11.5 Å². The highest BCUT2D eigenvalue weighted by atomic mass is 35.5. The van der Waals surface area contributed by atoms with Gasteiger partial charge in [-0.1, -0.05) is 29.8 Å². The molecular formula is C20H16ClNO4. The molecule has 4 rings (SSSR count). The molecule has 6 heteroatoms. The van der Waals surface area contributed by atoms with Gasteiger partial charge >= 0.3 is 0 Å².